The van der Waals surface area contributed by atoms with E-state index in [2.05, 4.69) is 15.2 Å². The SMILES string of the molecule is COc1ccccc1CCNC(=O)CCN(C)CCc1ccncc1. The van der Waals surface area contributed by atoms with Gasteiger partial charge in [-0.25, -0.2) is 0 Å². The van der Waals surface area contributed by atoms with Gasteiger partial charge in [0, 0.05) is 38.4 Å². The van der Waals surface area contributed by atoms with E-state index in [1.165, 1.54) is 5.56 Å². The minimum Gasteiger partial charge on any atom is -0.496 e. The van der Waals surface area contributed by atoms with Gasteiger partial charge in [0.25, 0.3) is 0 Å². The topological polar surface area (TPSA) is 54.5 Å². The molecule has 0 fully saturated rings. The Morgan fingerprint density at radius 2 is 1.88 bits per heavy atom. The van der Waals surface area contributed by atoms with Gasteiger partial charge in [-0.2, -0.15) is 0 Å². The Labute approximate surface area is 150 Å². The molecular formula is C20H27N3O2. The molecule has 1 amide bonds. The summed E-state index contributed by atoms with van der Waals surface area (Å²) in [5.41, 5.74) is 2.38. The highest BCUT2D eigenvalue weighted by Crippen LogP contribution is 2.17. The summed E-state index contributed by atoms with van der Waals surface area (Å²) in [7, 11) is 3.71. The van der Waals surface area contributed by atoms with Gasteiger partial charge in [0.1, 0.15) is 5.75 Å². The average Bonchev–Trinajstić information content (AvgIpc) is 2.66. The van der Waals surface area contributed by atoms with Crippen LogP contribution in [0.15, 0.2) is 48.8 Å². The number of hydrogen-bond donors (Lipinski definition) is 1. The molecule has 1 aromatic carbocycles. The Bertz CT molecular complexity index is 646. The van der Waals surface area contributed by atoms with Gasteiger partial charge in [-0.15, -0.1) is 0 Å². The van der Waals surface area contributed by atoms with E-state index in [-0.39, 0.29) is 5.91 Å². The number of aromatic nitrogens is 1. The number of pyridine rings is 1. The maximum atomic E-state index is 12.0. The van der Waals surface area contributed by atoms with Crippen molar-refractivity contribution in [2.24, 2.45) is 0 Å². The molecule has 0 aliphatic rings. The molecule has 2 aromatic rings. The molecule has 0 saturated carbocycles. The fraction of sp³-hybridized carbons (Fsp3) is 0.400. The van der Waals surface area contributed by atoms with Crippen LogP contribution < -0.4 is 10.1 Å². The fourth-order valence-corrected chi connectivity index (χ4v) is 2.61. The molecule has 5 heteroatoms. The molecule has 5 nitrogen and oxygen atoms in total. The lowest BCUT2D eigenvalue weighted by atomic mass is 10.1. The first-order valence-corrected chi connectivity index (χ1v) is 8.65. The minimum atomic E-state index is 0.0886. The van der Waals surface area contributed by atoms with Crippen molar-refractivity contribution in [3.63, 3.8) is 0 Å². The van der Waals surface area contributed by atoms with Gasteiger partial charge >= 0.3 is 0 Å². The van der Waals surface area contributed by atoms with Crippen LogP contribution in [-0.4, -0.2) is 49.6 Å². The Kier molecular flexibility index (Phi) is 7.92. The summed E-state index contributed by atoms with van der Waals surface area (Å²) in [5.74, 6) is 0.957. The Morgan fingerprint density at radius 1 is 1.12 bits per heavy atom. The van der Waals surface area contributed by atoms with E-state index in [1.54, 1.807) is 7.11 Å². The number of carbonyl (C=O) groups is 1. The van der Waals surface area contributed by atoms with Crippen LogP contribution >= 0.6 is 0 Å². The monoisotopic (exact) mass is 341 g/mol. The van der Waals surface area contributed by atoms with Crippen molar-refractivity contribution < 1.29 is 9.53 Å². The molecule has 0 spiro atoms. The van der Waals surface area contributed by atoms with Gasteiger partial charge in [0.2, 0.25) is 5.91 Å². The summed E-state index contributed by atoms with van der Waals surface area (Å²) in [6, 6.07) is 11.9. The average molecular weight is 341 g/mol. The van der Waals surface area contributed by atoms with Crippen LogP contribution in [0.2, 0.25) is 0 Å². The smallest absolute Gasteiger partial charge is 0.221 e. The van der Waals surface area contributed by atoms with Gasteiger partial charge in [-0.1, -0.05) is 18.2 Å². The number of hydrogen-bond acceptors (Lipinski definition) is 4. The summed E-state index contributed by atoms with van der Waals surface area (Å²) in [4.78, 5) is 18.2. The van der Waals surface area contributed by atoms with E-state index >= 15 is 0 Å². The second-order valence-electron chi connectivity index (χ2n) is 6.07. The molecule has 134 valence electrons. The zero-order valence-electron chi connectivity index (χ0n) is 15.1. The third-order valence-corrected chi connectivity index (χ3v) is 4.16. The lowest BCUT2D eigenvalue weighted by Crippen LogP contribution is -2.31. The van der Waals surface area contributed by atoms with Crippen molar-refractivity contribution in [3.05, 3.63) is 59.9 Å². The predicted molar refractivity (Wildman–Crippen MR) is 99.8 cm³/mol. The number of ether oxygens (including phenoxy) is 1. The highest BCUT2D eigenvalue weighted by atomic mass is 16.5. The molecule has 0 unspecified atom stereocenters. The fourth-order valence-electron chi connectivity index (χ4n) is 2.61. The maximum Gasteiger partial charge on any atom is 0.221 e. The molecule has 25 heavy (non-hydrogen) atoms. The molecule has 0 aliphatic heterocycles. The molecule has 1 heterocycles. The van der Waals surface area contributed by atoms with Crippen molar-refractivity contribution in [2.45, 2.75) is 19.3 Å². The third kappa shape index (κ3) is 6.93. The number of methoxy groups -OCH3 is 1. The van der Waals surface area contributed by atoms with Crippen molar-refractivity contribution >= 4 is 5.91 Å². The van der Waals surface area contributed by atoms with Crippen molar-refractivity contribution in [1.82, 2.24) is 15.2 Å². The number of para-hydroxylation sites is 1. The molecule has 0 bridgehead atoms. The second kappa shape index (κ2) is 10.5. The maximum absolute atomic E-state index is 12.0. The lowest BCUT2D eigenvalue weighted by molar-refractivity contribution is -0.121. The van der Waals surface area contributed by atoms with E-state index < -0.39 is 0 Å². The van der Waals surface area contributed by atoms with Crippen LogP contribution in [0.3, 0.4) is 0 Å². The van der Waals surface area contributed by atoms with E-state index in [0.717, 1.165) is 37.2 Å². The number of carbonyl (C=O) groups excluding carboxylic acids is 1. The number of nitrogens with one attached hydrogen (secondary N) is 1. The predicted octanol–water partition coefficient (Wildman–Crippen LogP) is 2.31. The first kappa shape index (κ1) is 18.9. The van der Waals surface area contributed by atoms with Crippen LogP contribution in [0, 0.1) is 0 Å². The summed E-state index contributed by atoms with van der Waals surface area (Å²) in [5, 5.41) is 2.98. The van der Waals surface area contributed by atoms with Crippen LogP contribution in [0.5, 0.6) is 5.75 Å². The van der Waals surface area contributed by atoms with Crippen LogP contribution in [0.1, 0.15) is 17.5 Å². The third-order valence-electron chi connectivity index (χ3n) is 4.16. The zero-order valence-corrected chi connectivity index (χ0v) is 15.1. The summed E-state index contributed by atoms with van der Waals surface area (Å²) in [6.07, 6.45) is 5.87. The lowest BCUT2D eigenvalue weighted by Gasteiger charge is -2.16. The first-order chi connectivity index (χ1) is 12.2. The summed E-state index contributed by atoms with van der Waals surface area (Å²) in [6.45, 7) is 2.31. The van der Waals surface area contributed by atoms with Crippen LogP contribution in [0.4, 0.5) is 0 Å². The largest absolute Gasteiger partial charge is 0.496 e. The summed E-state index contributed by atoms with van der Waals surface area (Å²) >= 11 is 0. The van der Waals surface area contributed by atoms with Crippen molar-refractivity contribution in [2.75, 3.05) is 33.8 Å². The molecule has 1 N–H and O–H groups in total. The van der Waals surface area contributed by atoms with E-state index in [4.69, 9.17) is 4.74 Å². The second-order valence-corrected chi connectivity index (χ2v) is 6.07. The molecule has 0 saturated heterocycles. The highest BCUT2D eigenvalue weighted by Gasteiger charge is 2.06. The van der Waals surface area contributed by atoms with Gasteiger partial charge < -0.3 is 15.0 Å². The first-order valence-electron chi connectivity index (χ1n) is 8.65. The standard InChI is InChI=1S/C20H27N3O2/c1-23(15-10-17-7-12-21-13-8-17)16-11-20(24)22-14-9-18-5-3-4-6-19(18)25-2/h3-8,12-13H,9-11,14-16H2,1-2H3,(H,22,24). The van der Waals surface area contributed by atoms with Gasteiger partial charge in [0.15, 0.2) is 0 Å². The van der Waals surface area contributed by atoms with E-state index in [1.807, 2.05) is 55.8 Å². The number of likely N-dealkylation sites (N-methyl/N-ethyl adjacent to an activating group) is 1. The molecule has 0 radical (unpaired) electrons. The van der Waals surface area contributed by atoms with E-state index in [9.17, 15) is 4.79 Å². The van der Waals surface area contributed by atoms with Gasteiger partial charge in [-0.3, -0.25) is 9.78 Å². The number of benzene rings is 1. The molecule has 0 aliphatic carbocycles. The Hall–Kier alpha value is -2.40. The molecule has 0 atom stereocenters. The highest BCUT2D eigenvalue weighted by molar-refractivity contribution is 5.76. The zero-order chi connectivity index (χ0) is 17.9. The molecule has 2 rings (SSSR count). The van der Waals surface area contributed by atoms with Gasteiger partial charge in [0.05, 0.1) is 7.11 Å². The summed E-state index contributed by atoms with van der Waals surface area (Å²) < 4.78 is 5.32. The number of amides is 1. The van der Waals surface area contributed by atoms with Crippen LogP contribution in [0.25, 0.3) is 0 Å². The minimum absolute atomic E-state index is 0.0886. The van der Waals surface area contributed by atoms with Crippen LogP contribution in [-0.2, 0) is 17.6 Å². The van der Waals surface area contributed by atoms with Crippen molar-refractivity contribution in [1.29, 1.82) is 0 Å². The Balaban J connectivity index is 1.61. The van der Waals surface area contributed by atoms with Crippen molar-refractivity contribution in [3.8, 4) is 5.75 Å². The normalized spacial score (nSPS) is 10.7. The number of rotatable bonds is 10. The molecular weight excluding hydrogens is 314 g/mol. The Morgan fingerprint density at radius 3 is 2.64 bits per heavy atom. The molecule has 1 aromatic heterocycles. The quantitative estimate of drug-likeness (QED) is 0.720. The van der Waals surface area contributed by atoms with E-state index in [0.29, 0.717) is 13.0 Å². The number of nitrogens with zero attached hydrogens (tertiary/aromatic N) is 2. The van der Waals surface area contributed by atoms with Gasteiger partial charge in [-0.05, 0) is 49.2 Å².